The van der Waals surface area contributed by atoms with Gasteiger partial charge in [0.05, 0.1) is 0 Å². The van der Waals surface area contributed by atoms with E-state index in [0.29, 0.717) is 44.2 Å². The van der Waals surface area contributed by atoms with Gasteiger partial charge in [-0.2, -0.15) is 13.2 Å². The number of nitrogens with zero attached hydrogens (tertiary/aromatic N) is 2. The molecular weight excluding hydrogens is 381 g/mol. The van der Waals surface area contributed by atoms with Crippen molar-refractivity contribution in [1.82, 2.24) is 9.80 Å². The molecule has 1 amide bonds. The molecule has 0 aromatic heterocycles. The van der Waals surface area contributed by atoms with E-state index in [0.717, 1.165) is 11.1 Å². The Balaban J connectivity index is 1.68. The maximum atomic E-state index is 12.3. The summed E-state index contributed by atoms with van der Waals surface area (Å²) in [5, 5.41) is 0.664. The molecule has 0 spiro atoms. The third-order valence-corrected chi connectivity index (χ3v) is 4.73. The summed E-state index contributed by atoms with van der Waals surface area (Å²) in [7, 11) is 0. The van der Waals surface area contributed by atoms with Crippen molar-refractivity contribution in [2.24, 2.45) is 0 Å². The van der Waals surface area contributed by atoms with E-state index in [-0.39, 0.29) is 12.5 Å². The number of hydrogen-bond acceptors (Lipinski definition) is 3. The van der Waals surface area contributed by atoms with Crippen LogP contribution in [-0.2, 0) is 9.53 Å². The van der Waals surface area contributed by atoms with Gasteiger partial charge in [-0.3, -0.25) is 9.69 Å². The van der Waals surface area contributed by atoms with E-state index in [4.69, 9.17) is 11.6 Å². The molecule has 1 saturated heterocycles. The van der Waals surface area contributed by atoms with E-state index in [1.807, 2.05) is 25.1 Å². The normalized spacial score (nSPS) is 16.3. The Hall–Kier alpha value is -1.57. The van der Waals surface area contributed by atoms with Gasteiger partial charge in [0.15, 0.2) is 0 Å². The smallest absolute Gasteiger partial charge is 0.372 e. The molecule has 0 radical (unpaired) electrons. The molecule has 27 heavy (non-hydrogen) atoms. The number of benzene rings is 1. The van der Waals surface area contributed by atoms with Gasteiger partial charge < -0.3 is 9.64 Å². The van der Waals surface area contributed by atoms with Crippen LogP contribution < -0.4 is 0 Å². The molecule has 0 aliphatic carbocycles. The van der Waals surface area contributed by atoms with Crippen LogP contribution in [0.2, 0.25) is 5.02 Å². The zero-order valence-electron chi connectivity index (χ0n) is 15.3. The zero-order chi connectivity index (χ0) is 19.9. The maximum Gasteiger partial charge on any atom is 0.411 e. The van der Waals surface area contributed by atoms with Gasteiger partial charge in [0.2, 0.25) is 5.91 Å². The lowest BCUT2D eigenvalue weighted by atomic mass is 10.1. The average molecular weight is 405 g/mol. The van der Waals surface area contributed by atoms with Crippen molar-refractivity contribution in [2.75, 3.05) is 45.9 Å². The fraction of sp³-hybridized carbons (Fsp3) is 0.526. The number of amides is 1. The predicted octanol–water partition coefficient (Wildman–Crippen LogP) is 3.77. The van der Waals surface area contributed by atoms with Gasteiger partial charge in [0.25, 0.3) is 0 Å². The first kappa shape index (κ1) is 21.7. The summed E-state index contributed by atoms with van der Waals surface area (Å²) in [6, 6.07) is 5.63. The van der Waals surface area contributed by atoms with Crippen LogP contribution in [0.5, 0.6) is 0 Å². The minimum atomic E-state index is -4.27. The minimum Gasteiger partial charge on any atom is -0.372 e. The van der Waals surface area contributed by atoms with Crippen molar-refractivity contribution in [1.29, 1.82) is 0 Å². The number of piperazine rings is 1. The molecule has 1 heterocycles. The molecule has 150 valence electrons. The molecule has 0 saturated carbocycles. The Morgan fingerprint density at radius 1 is 1.26 bits per heavy atom. The summed E-state index contributed by atoms with van der Waals surface area (Å²) in [6.45, 7) is 4.07. The molecule has 1 aromatic rings. The highest BCUT2D eigenvalue weighted by Gasteiger charge is 2.27. The van der Waals surface area contributed by atoms with Crippen LogP contribution in [0.4, 0.5) is 13.2 Å². The van der Waals surface area contributed by atoms with Crippen LogP contribution in [0.1, 0.15) is 17.5 Å². The quantitative estimate of drug-likeness (QED) is 0.512. The van der Waals surface area contributed by atoms with E-state index in [1.165, 1.54) is 0 Å². The van der Waals surface area contributed by atoms with E-state index < -0.39 is 12.8 Å². The van der Waals surface area contributed by atoms with Crippen molar-refractivity contribution in [3.05, 3.63) is 40.4 Å². The van der Waals surface area contributed by atoms with Gasteiger partial charge in [0, 0.05) is 50.4 Å². The van der Waals surface area contributed by atoms with Crippen molar-refractivity contribution in [2.45, 2.75) is 19.5 Å². The topological polar surface area (TPSA) is 32.8 Å². The molecule has 1 fully saturated rings. The Bertz CT molecular complexity index is 657. The number of halogens is 4. The highest BCUT2D eigenvalue weighted by atomic mass is 35.5. The molecular formula is C19H24ClF3N2O2. The molecule has 2 rings (SSSR count). The molecule has 0 bridgehead atoms. The number of ether oxygens (including phenoxy) is 1. The monoisotopic (exact) mass is 404 g/mol. The van der Waals surface area contributed by atoms with E-state index in [9.17, 15) is 18.0 Å². The lowest BCUT2D eigenvalue weighted by Crippen LogP contribution is -2.48. The highest BCUT2D eigenvalue weighted by molar-refractivity contribution is 6.31. The van der Waals surface area contributed by atoms with E-state index in [1.54, 1.807) is 17.1 Å². The minimum absolute atomic E-state index is 0.0557. The largest absolute Gasteiger partial charge is 0.411 e. The van der Waals surface area contributed by atoms with Crippen molar-refractivity contribution >= 4 is 23.6 Å². The Labute approximate surface area is 162 Å². The van der Waals surface area contributed by atoms with Crippen LogP contribution in [-0.4, -0.2) is 67.8 Å². The molecule has 0 unspecified atom stereocenters. The fourth-order valence-corrected chi connectivity index (χ4v) is 2.94. The average Bonchev–Trinajstić information content (AvgIpc) is 2.62. The standard InChI is InChI=1S/C19H24ClF3N2O2/c1-15-3-4-16(13-17(15)20)5-6-18(26)25-10-8-24(9-11-25)7-2-12-27-14-19(21,22)23/h3-6,13H,2,7-12,14H2,1H3/b6-5+. The van der Waals surface area contributed by atoms with E-state index in [2.05, 4.69) is 9.64 Å². The zero-order valence-corrected chi connectivity index (χ0v) is 16.0. The second kappa shape index (κ2) is 10.1. The Kier molecular flexibility index (Phi) is 8.13. The van der Waals surface area contributed by atoms with Crippen molar-refractivity contribution in [3.63, 3.8) is 0 Å². The van der Waals surface area contributed by atoms with E-state index >= 15 is 0 Å². The Morgan fingerprint density at radius 2 is 1.96 bits per heavy atom. The lowest BCUT2D eigenvalue weighted by Gasteiger charge is -2.34. The first-order valence-electron chi connectivity index (χ1n) is 8.84. The molecule has 1 aliphatic heterocycles. The highest BCUT2D eigenvalue weighted by Crippen LogP contribution is 2.18. The summed E-state index contributed by atoms with van der Waals surface area (Å²) < 4.78 is 40.5. The number of alkyl halides is 3. The third kappa shape index (κ3) is 7.91. The number of carbonyl (C=O) groups excluding carboxylic acids is 1. The van der Waals surface area contributed by atoms with Gasteiger partial charge >= 0.3 is 6.18 Å². The summed E-state index contributed by atoms with van der Waals surface area (Å²) in [5.41, 5.74) is 1.86. The van der Waals surface area contributed by atoms with Gasteiger partial charge in [-0.15, -0.1) is 0 Å². The number of hydrogen-bond donors (Lipinski definition) is 0. The summed E-state index contributed by atoms with van der Waals surface area (Å²) in [5.74, 6) is -0.0557. The summed E-state index contributed by atoms with van der Waals surface area (Å²) in [6.07, 6.45) is -0.443. The molecule has 1 aliphatic rings. The lowest BCUT2D eigenvalue weighted by molar-refractivity contribution is -0.174. The van der Waals surface area contributed by atoms with Crippen LogP contribution >= 0.6 is 11.6 Å². The van der Waals surface area contributed by atoms with Gasteiger partial charge in [0.1, 0.15) is 6.61 Å². The number of carbonyl (C=O) groups is 1. The molecule has 1 aromatic carbocycles. The predicted molar refractivity (Wildman–Crippen MR) is 99.7 cm³/mol. The second-order valence-electron chi connectivity index (χ2n) is 6.53. The van der Waals surface area contributed by atoms with Gasteiger partial charge in [-0.1, -0.05) is 23.7 Å². The third-order valence-electron chi connectivity index (χ3n) is 4.33. The first-order chi connectivity index (χ1) is 12.7. The van der Waals surface area contributed by atoms with Gasteiger partial charge in [-0.25, -0.2) is 0 Å². The second-order valence-corrected chi connectivity index (χ2v) is 6.94. The van der Waals surface area contributed by atoms with Crippen molar-refractivity contribution < 1.29 is 22.7 Å². The summed E-state index contributed by atoms with van der Waals surface area (Å²) >= 11 is 6.08. The van der Waals surface area contributed by atoms with Crippen LogP contribution in [0.25, 0.3) is 6.08 Å². The number of aryl methyl sites for hydroxylation is 1. The number of rotatable bonds is 7. The molecule has 8 heteroatoms. The van der Waals surface area contributed by atoms with Crippen LogP contribution in [0.15, 0.2) is 24.3 Å². The van der Waals surface area contributed by atoms with Crippen LogP contribution in [0, 0.1) is 6.92 Å². The SMILES string of the molecule is Cc1ccc(/C=C/C(=O)N2CCN(CCCOCC(F)(F)F)CC2)cc1Cl. The van der Waals surface area contributed by atoms with Crippen molar-refractivity contribution in [3.8, 4) is 0 Å². The van der Waals surface area contributed by atoms with Crippen LogP contribution in [0.3, 0.4) is 0 Å². The first-order valence-corrected chi connectivity index (χ1v) is 9.22. The molecule has 0 atom stereocenters. The maximum absolute atomic E-state index is 12.3. The fourth-order valence-electron chi connectivity index (χ4n) is 2.76. The Morgan fingerprint density at radius 3 is 2.59 bits per heavy atom. The summed E-state index contributed by atoms with van der Waals surface area (Å²) in [4.78, 5) is 16.2. The molecule has 4 nitrogen and oxygen atoms in total. The molecule has 0 N–H and O–H groups in total. The van der Waals surface area contributed by atoms with Gasteiger partial charge in [-0.05, 0) is 36.6 Å².